The van der Waals surface area contributed by atoms with Crippen LogP contribution in [0.3, 0.4) is 0 Å². The second-order valence-corrected chi connectivity index (χ2v) is 5.83. The molecule has 0 spiro atoms. The van der Waals surface area contributed by atoms with Crippen molar-refractivity contribution in [1.29, 1.82) is 0 Å². The Bertz CT molecular complexity index is 796. The highest BCUT2D eigenvalue weighted by Crippen LogP contribution is 2.28. The fraction of sp³-hybridized carbons (Fsp3) is 0.278. The van der Waals surface area contributed by atoms with Crippen molar-refractivity contribution in [3.63, 3.8) is 0 Å². The van der Waals surface area contributed by atoms with E-state index in [9.17, 15) is 0 Å². The van der Waals surface area contributed by atoms with Crippen molar-refractivity contribution in [2.75, 3.05) is 13.2 Å². The highest BCUT2D eigenvalue weighted by molar-refractivity contribution is 6.30. The molecule has 0 saturated carbocycles. The maximum atomic E-state index is 6.15. The van der Waals surface area contributed by atoms with Gasteiger partial charge in [0.05, 0.1) is 23.0 Å². The third kappa shape index (κ3) is 3.33. The summed E-state index contributed by atoms with van der Waals surface area (Å²) in [4.78, 5) is 4.68. The summed E-state index contributed by atoms with van der Waals surface area (Å²) in [5, 5.41) is 0.679. The average molecular weight is 330 g/mol. The minimum atomic E-state index is 0.558. The van der Waals surface area contributed by atoms with Crippen molar-refractivity contribution in [1.82, 2.24) is 9.38 Å². The van der Waals surface area contributed by atoms with Crippen LogP contribution in [0.25, 0.3) is 16.9 Å². The van der Waals surface area contributed by atoms with E-state index in [2.05, 4.69) is 24.0 Å². The Kier molecular flexibility index (Phi) is 4.84. The van der Waals surface area contributed by atoms with Crippen molar-refractivity contribution in [2.45, 2.75) is 19.8 Å². The predicted octanol–water partition coefficient (Wildman–Crippen LogP) is 3.94. The molecule has 0 aliphatic rings. The fourth-order valence-corrected chi connectivity index (χ4v) is 2.77. The summed E-state index contributed by atoms with van der Waals surface area (Å²) < 4.78 is 7.67. The lowest BCUT2D eigenvalue weighted by Gasteiger charge is -2.08. The predicted molar refractivity (Wildman–Crippen MR) is 94.2 cm³/mol. The smallest absolute Gasteiger partial charge is 0.137 e. The fourth-order valence-electron chi connectivity index (χ4n) is 2.61. The van der Waals surface area contributed by atoms with Gasteiger partial charge in [0, 0.05) is 18.2 Å². The quantitative estimate of drug-likeness (QED) is 0.745. The first-order chi connectivity index (χ1) is 11.2. The maximum Gasteiger partial charge on any atom is 0.137 e. The highest BCUT2D eigenvalue weighted by Gasteiger charge is 2.14. The van der Waals surface area contributed by atoms with Crippen molar-refractivity contribution in [3.8, 4) is 17.0 Å². The molecule has 2 heterocycles. The third-order valence-electron chi connectivity index (χ3n) is 3.64. The minimum absolute atomic E-state index is 0.558. The van der Waals surface area contributed by atoms with Crippen LogP contribution in [0.15, 0.2) is 42.6 Å². The maximum absolute atomic E-state index is 6.15. The van der Waals surface area contributed by atoms with E-state index >= 15 is 0 Å². The van der Waals surface area contributed by atoms with E-state index in [0.717, 1.165) is 47.8 Å². The molecule has 0 amide bonds. The van der Waals surface area contributed by atoms with E-state index in [1.807, 2.05) is 34.9 Å². The largest absolute Gasteiger partial charge is 0.494 e. The summed E-state index contributed by atoms with van der Waals surface area (Å²) >= 11 is 6.15. The molecule has 4 nitrogen and oxygen atoms in total. The molecule has 3 rings (SSSR count). The van der Waals surface area contributed by atoms with Crippen LogP contribution in [0.5, 0.6) is 5.75 Å². The molecule has 2 N–H and O–H groups in total. The van der Waals surface area contributed by atoms with Gasteiger partial charge in [-0.3, -0.25) is 4.40 Å². The lowest BCUT2D eigenvalue weighted by atomic mass is 10.1. The molecule has 3 aromatic rings. The van der Waals surface area contributed by atoms with E-state index in [1.165, 1.54) is 0 Å². The Balaban J connectivity index is 2.06. The number of benzene rings is 1. The number of halogens is 1. The topological polar surface area (TPSA) is 52.5 Å². The SMILES string of the molecule is CCCOc1ccc(-c2c(CCN)nc3ccc(Cl)cn23)cc1. The van der Waals surface area contributed by atoms with Gasteiger partial charge in [-0.05, 0) is 49.4 Å². The first-order valence-corrected chi connectivity index (χ1v) is 8.20. The Morgan fingerprint density at radius 1 is 1.17 bits per heavy atom. The molecule has 5 heteroatoms. The number of hydrogen-bond donors (Lipinski definition) is 1. The number of fused-ring (bicyclic) bond motifs is 1. The van der Waals surface area contributed by atoms with Crippen LogP contribution in [-0.4, -0.2) is 22.5 Å². The van der Waals surface area contributed by atoms with Gasteiger partial charge in [0.15, 0.2) is 0 Å². The molecule has 0 atom stereocenters. The van der Waals surface area contributed by atoms with Crippen molar-refractivity contribution in [2.24, 2.45) is 5.73 Å². The van der Waals surface area contributed by atoms with Gasteiger partial charge < -0.3 is 10.5 Å². The zero-order valence-electron chi connectivity index (χ0n) is 13.1. The molecule has 0 aliphatic carbocycles. The Hall–Kier alpha value is -2.04. The van der Waals surface area contributed by atoms with Gasteiger partial charge in [0.1, 0.15) is 11.4 Å². The first kappa shape index (κ1) is 15.8. The molecular weight excluding hydrogens is 310 g/mol. The molecule has 23 heavy (non-hydrogen) atoms. The van der Waals surface area contributed by atoms with E-state index < -0.39 is 0 Å². The van der Waals surface area contributed by atoms with Crippen LogP contribution in [0.4, 0.5) is 0 Å². The van der Waals surface area contributed by atoms with E-state index in [4.69, 9.17) is 22.1 Å². The van der Waals surface area contributed by atoms with Crippen LogP contribution in [0.2, 0.25) is 5.02 Å². The summed E-state index contributed by atoms with van der Waals surface area (Å²) in [6, 6.07) is 11.8. The van der Waals surface area contributed by atoms with Gasteiger partial charge in [0.2, 0.25) is 0 Å². The van der Waals surface area contributed by atoms with E-state index in [0.29, 0.717) is 11.6 Å². The summed E-state index contributed by atoms with van der Waals surface area (Å²) in [6.45, 7) is 3.38. The number of imidazole rings is 1. The van der Waals surface area contributed by atoms with E-state index in [-0.39, 0.29) is 0 Å². The van der Waals surface area contributed by atoms with Crippen LogP contribution in [-0.2, 0) is 6.42 Å². The lowest BCUT2D eigenvalue weighted by Crippen LogP contribution is -2.04. The number of aromatic nitrogens is 2. The molecule has 120 valence electrons. The molecule has 1 aromatic carbocycles. The zero-order valence-corrected chi connectivity index (χ0v) is 13.9. The Morgan fingerprint density at radius 2 is 1.96 bits per heavy atom. The van der Waals surface area contributed by atoms with Crippen LogP contribution < -0.4 is 10.5 Å². The molecule has 0 radical (unpaired) electrons. The van der Waals surface area contributed by atoms with Gasteiger partial charge in [0.25, 0.3) is 0 Å². The van der Waals surface area contributed by atoms with Crippen LogP contribution >= 0.6 is 11.6 Å². The van der Waals surface area contributed by atoms with Crippen molar-refractivity contribution in [3.05, 3.63) is 53.3 Å². The molecule has 0 bridgehead atoms. The second-order valence-electron chi connectivity index (χ2n) is 5.39. The van der Waals surface area contributed by atoms with Gasteiger partial charge in [-0.25, -0.2) is 4.98 Å². The van der Waals surface area contributed by atoms with Gasteiger partial charge in [-0.1, -0.05) is 18.5 Å². The summed E-state index contributed by atoms with van der Waals surface area (Å²) in [6.07, 6.45) is 3.61. The van der Waals surface area contributed by atoms with Gasteiger partial charge in [-0.2, -0.15) is 0 Å². The molecule has 0 unspecified atom stereocenters. The molecule has 0 aliphatic heterocycles. The number of nitrogens with two attached hydrogens (primary N) is 1. The third-order valence-corrected chi connectivity index (χ3v) is 3.86. The molecule has 0 fully saturated rings. The molecule has 0 saturated heterocycles. The monoisotopic (exact) mass is 329 g/mol. The molecule has 2 aromatic heterocycles. The second kappa shape index (κ2) is 7.02. The summed E-state index contributed by atoms with van der Waals surface area (Å²) in [5.74, 6) is 0.878. The normalized spacial score (nSPS) is 11.1. The van der Waals surface area contributed by atoms with E-state index in [1.54, 1.807) is 0 Å². The standard InChI is InChI=1S/C18H20ClN3O/c1-2-11-23-15-6-3-13(4-7-15)18-16(9-10-20)21-17-8-5-14(19)12-22(17)18/h3-8,12H,2,9-11,20H2,1H3. The summed E-state index contributed by atoms with van der Waals surface area (Å²) in [7, 11) is 0. The Labute approximate surface area is 140 Å². The number of hydrogen-bond acceptors (Lipinski definition) is 3. The minimum Gasteiger partial charge on any atom is -0.494 e. The lowest BCUT2D eigenvalue weighted by molar-refractivity contribution is 0.317. The van der Waals surface area contributed by atoms with Gasteiger partial charge >= 0.3 is 0 Å². The summed E-state index contributed by atoms with van der Waals surface area (Å²) in [5.41, 5.74) is 9.71. The number of rotatable bonds is 6. The highest BCUT2D eigenvalue weighted by atomic mass is 35.5. The number of pyridine rings is 1. The number of ether oxygens (including phenoxy) is 1. The van der Waals surface area contributed by atoms with Crippen molar-refractivity contribution < 1.29 is 4.74 Å². The van der Waals surface area contributed by atoms with Gasteiger partial charge in [-0.15, -0.1) is 0 Å². The van der Waals surface area contributed by atoms with Crippen LogP contribution in [0.1, 0.15) is 19.0 Å². The zero-order chi connectivity index (χ0) is 16.2. The Morgan fingerprint density at radius 3 is 2.65 bits per heavy atom. The van der Waals surface area contributed by atoms with Crippen molar-refractivity contribution >= 4 is 17.2 Å². The average Bonchev–Trinajstić information content (AvgIpc) is 2.91. The molecular formula is C18H20ClN3O. The number of nitrogens with zero attached hydrogens (tertiary/aromatic N) is 2. The van der Waals surface area contributed by atoms with Crippen LogP contribution in [0, 0.1) is 0 Å². The first-order valence-electron chi connectivity index (χ1n) is 7.82.